The van der Waals surface area contributed by atoms with Gasteiger partial charge in [-0.15, -0.1) is 11.3 Å². The second-order valence-electron chi connectivity index (χ2n) is 4.39. The number of ketones is 1. The van der Waals surface area contributed by atoms with Crippen LogP contribution in [-0.4, -0.2) is 23.5 Å². The van der Waals surface area contributed by atoms with Gasteiger partial charge >= 0.3 is 11.8 Å². The number of nitrogens with one attached hydrogen (secondary N) is 3. The normalized spacial score (nSPS) is 9.96. The Morgan fingerprint density at radius 3 is 2.39 bits per heavy atom. The molecule has 0 aromatic carbocycles. The highest BCUT2D eigenvalue weighted by molar-refractivity contribution is 7.15. The Kier molecular flexibility index (Phi) is 5.26. The van der Waals surface area contributed by atoms with Crippen LogP contribution in [0.15, 0.2) is 34.9 Å². The summed E-state index contributed by atoms with van der Waals surface area (Å²) in [5.74, 6) is -2.22. The van der Waals surface area contributed by atoms with Crippen LogP contribution >= 0.6 is 11.3 Å². The van der Waals surface area contributed by atoms with E-state index in [0.717, 1.165) is 11.3 Å². The van der Waals surface area contributed by atoms with Gasteiger partial charge in [0, 0.05) is 0 Å². The minimum absolute atomic E-state index is 0.0557. The fourth-order valence-corrected chi connectivity index (χ4v) is 2.34. The van der Waals surface area contributed by atoms with Crippen molar-refractivity contribution in [3.8, 4) is 0 Å². The molecule has 0 fully saturated rings. The number of hydrogen-bond acceptors (Lipinski definition) is 6. The van der Waals surface area contributed by atoms with Gasteiger partial charge in [-0.05, 0) is 31.2 Å². The van der Waals surface area contributed by atoms with Crippen molar-refractivity contribution < 1.29 is 23.6 Å². The highest BCUT2D eigenvalue weighted by Gasteiger charge is 2.16. The second kappa shape index (κ2) is 7.36. The highest BCUT2D eigenvalue weighted by Crippen LogP contribution is 2.16. The molecule has 0 saturated carbocycles. The van der Waals surface area contributed by atoms with Gasteiger partial charge in [-0.1, -0.05) is 0 Å². The van der Waals surface area contributed by atoms with Crippen LogP contribution in [0.2, 0.25) is 0 Å². The molecule has 0 atom stereocenters. The van der Waals surface area contributed by atoms with Gasteiger partial charge in [0.2, 0.25) is 0 Å². The number of carbonyl (C=O) groups is 4. The zero-order valence-corrected chi connectivity index (χ0v) is 12.9. The van der Waals surface area contributed by atoms with E-state index in [0.29, 0.717) is 10.6 Å². The first-order valence-corrected chi connectivity index (χ1v) is 7.30. The van der Waals surface area contributed by atoms with E-state index in [9.17, 15) is 19.2 Å². The largest absolute Gasteiger partial charge is 0.467 e. The molecule has 0 saturated heterocycles. The smallest absolute Gasteiger partial charge is 0.327 e. The van der Waals surface area contributed by atoms with Crippen molar-refractivity contribution in [3.63, 3.8) is 0 Å². The van der Waals surface area contributed by atoms with Crippen molar-refractivity contribution >= 4 is 34.8 Å². The molecule has 0 aliphatic heterocycles. The van der Waals surface area contributed by atoms with E-state index >= 15 is 0 Å². The van der Waals surface area contributed by atoms with E-state index in [1.165, 1.54) is 25.3 Å². The monoisotopic (exact) mass is 335 g/mol. The number of amides is 3. The fourth-order valence-electron chi connectivity index (χ4n) is 1.54. The number of Topliss-reactive ketones (excluding diaryl/α,β-unsaturated/α-hetero) is 1. The molecule has 9 heteroatoms. The van der Waals surface area contributed by atoms with Crippen molar-refractivity contribution in [2.45, 2.75) is 13.5 Å². The van der Waals surface area contributed by atoms with Crippen LogP contribution in [-0.2, 0) is 16.1 Å². The summed E-state index contributed by atoms with van der Waals surface area (Å²) in [5, 5.41) is 2.33. The summed E-state index contributed by atoms with van der Waals surface area (Å²) in [5.41, 5.74) is 4.09. The van der Waals surface area contributed by atoms with Gasteiger partial charge in [0.15, 0.2) is 5.78 Å². The fraction of sp³-hybridized carbons (Fsp3) is 0.143. The first-order chi connectivity index (χ1) is 11.0. The summed E-state index contributed by atoms with van der Waals surface area (Å²) >= 11 is 0.992. The topological polar surface area (TPSA) is 118 Å². The molecule has 120 valence electrons. The Balaban J connectivity index is 1.79. The molecule has 8 nitrogen and oxygen atoms in total. The Morgan fingerprint density at radius 2 is 1.78 bits per heavy atom. The molecule has 0 aliphatic carbocycles. The molecule has 0 radical (unpaired) electrons. The maximum atomic E-state index is 11.8. The van der Waals surface area contributed by atoms with Crippen molar-refractivity contribution in [2.24, 2.45) is 0 Å². The lowest BCUT2D eigenvalue weighted by atomic mass is 10.3. The molecule has 2 rings (SSSR count). The van der Waals surface area contributed by atoms with Crippen LogP contribution < -0.4 is 16.2 Å². The van der Waals surface area contributed by atoms with Crippen LogP contribution in [0.5, 0.6) is 0 Å². The van der Waals surface area contributed by atoms with Crippen LogP contribution in [0.3, 0.4) is 0 Å². The lowest BCUT2D eigenvalue weighted by Gasteiger charge is -2.06. The van der Waals surface area contributed by atoms with E-state index in [1.807, 2.05) is 5.43 Å². The number of thiophene rings is 1. The van der Waals surface area contributed by atoms with E-state index < -0.39 is 17.7 Å². The number of hydrazine groups is 1. The average molecular weight is 335 g/mol. The third-order valence-electron chi connectivity index (χ3n) is 2.68. The number of hydrogen-bond donors (Lipinski definition) is 3. The van der Waals surface area contributed by atoms with Gasteiger partial charge in [0.05, 0.1) is 22.6 Å². The van der Waals surface area contributed by atoms with E-state index in [4.69, 9.17) is 4.42 Å². The van der Waals surface area contributed by atoms with E-state index in [2.05, 4.69) is 10.7 Å². The quantitative estimate of drug-likeness (QED) is 0.430. The molecule has 3 N–H and O–H groups in total. The summed E-state index contributed by atoms with van der Waals surface area (Å²) < 4.78 is 5.00. The molecule has 2 heterocycles. The Bertz CT molecular complexity index is 735. The maximum Gasteiger partial charge on any atom is 0.327 e. The third kappa shape index (κ3) is 4.51. The standard InChI is InChI=1S/C14H13N3O5S/c1-8(18)10-4-5-11(23-10)12(19)16-17-14(21)13(20)15-7-9-3-2-6-22-9/h2-6H,7H2,1H3,(H,15,20)(H,16,19)(H,17,21). The number of carbonyl (C=O) groups excluding carboxylic acids is 4. The van der Waals surface area contributed by atoms with Crippen molar-refractivity contribution in [1.29, 1.82) is 0 Å². The molecule has 23 heavy (non-hydrogen) atoms. The molecular formula is C14H13N3O5S. The predicted molar refractivity (Wildman–Crippen MR) is 80.5 cm³/mol. The van der Waals surface area contributed by atoms with Gasteiger partial charge in [0.1, 0.15) is 5.76 Å². The van der Waals surface area contributed by atoms with Crippen molar-refractivity contribution in [2.75, 3.05) is 0 Å². The van der Waals surface area contributed by atoms with Gasteiger partial charge in [-0.25, -0.2) is 0 Å². The Hall–Kier alpha value is -2.94. The van der Waals surface area contributed by atoms with E-state index in [1.54, 1.807) is 12.1 Å². The van der Waals surface area contributed by atoms with Crippen molar-refractivity contribution in [3.05, 3.63) is 46.0 Å². The Morgan fingerprint density at radius 1 is 1.04 bits per heavy atom. The third-order valence-corrected chi connectivity index (χ3v) is 3.86. The lowest BCUT2D eigenvalue weighted by Crippen LogP contribution is -2.48. The number of rotatable bonds is 4. The van der Waals surface area contributed by atoms with Gasteiger partial charge in [0.25, 0.3) is 5.91 Å². The predicted octanol–water partition coefficient (Wildman–Crippen LogP) is 0.621. The minimum Gasteiger partial charge on any atom is -0.467 e. The first-order valence-electron chi connectivity index (χ1n) is 6.49. The highest BCUT2D eigenvalue weighted by atomic mass is 32.1. The summed E-state index contributed by atoms with van der Waals surface area (Å²) in [6.45, 7) is 1.44. The molecule has 3 amide bonds. The Labute approximate surface area is 134 Å². The zero-order valence-electron chi connectivity index (χ0n) is 12.0. The second-order valence-corrected chi connectivity index (χ2v) is 5.47. The van der Waals surface area contributed by atoms with Gasteiger partial charge in [-0.3, -0.25) is 30.0 Å². The van der Waals surface area contributed by atoms with Crippen molar-refractivity contribution in [1.82, 2.24) is 16.2 Å². The van der Waals surface area contributed by atoms with Crippen LogP contribution in [0.4, 0.5) is 0 Å². The number of furan rings is 1. The molecular weight excluding hydrogens is 322 g/mol. The molecule has 0 aliphatic rings. The SMILES string of the molecule is CC(=O)c1ccc(C(=O)NNC(=O)C(=O)NCc2ccco2)s1. The van der Waals surface area contributed by atoms with E-state index in [-0.39, 0.29) is 17.2 Å². The van der Waals surface area contributed by atoms with Gasteiger partial charge < -0.3 is 9.73 Å². The summed E-state index contributed by atoms with van der Waals surface area (Å²) in [4.78, 5) is 46.7. The molecule has 0 spiro atoms. The molecule has 2 aromatic rings. The zero-order chi connectivity index (χ0) is 16.8. The first kappa shape index (κ1) is 16.4. The maximum absolute atomic E-state index is 11.8. The molecule has 0 unspecified atom stereocenters. The van der Waals surface area contributed by atoms with Gasteiger partial charge in [-0.2, -0.15) is 0 Å². The van der Waals surface area contributed by atoms with Crippen LogP contribution in [0, 0.1) is 0 Å². The molecule has 2 aromatic heterocycles. The molecule has 0 bridgehead atoms. The summed E-state index contributed by atoms with van der Waals surface area (Å²) in [7, 11) is 0. The summed E-state index contributed by atoms with van der Waals surface area (Å²) in [6, 6.07) is 6.27. The summed E-state index contributed by atoms with van der Waals surface area (Å²) in [6.07, 6.45) is 1.44. The van der Waals surface area contributed by atoms with Crippen LogP contribution in [0.25, 0.3) is 0 Å². The minimum atomic E-state index is -1.02. The van der Waals surface area contributed by atoms with Crippen LogP contribution in [0.1, 0.15) is 32.0 Å². The average Bonchev–Trinajstić information content (AvgIpc) is 3.20. The lowest BCUT2D eigenvalue weighted by molar-refractivity contribution is -0.139.